The van der Waals surface area contributed by atoms with Gasteiger partial charge in [0.25, 0.3) is 5.95 Å². The third-order valence-corrected chi connectivity index (χ3v) is 2.13. The fourth-order valence-corrected chi connectivity index (χ4v) is 1.37. The molecular weight excluding hydrogens is 272 g/mol. The van der Waals surface area contributed by atoms with Crippen LogP contribution in [-0.2, 0) is 4.74 Å². The van der Waals surface area contributed by atoms with Crippen LogP contribution in [-0.4, -0.2) is 49.0 Å². The maximum atomic E-state index is 5.80. The predicted molar refractivity (Wildman–Crippen MR) is 66.3 cm³/mol. The smallest absolute Gasteiger partial charge is 0.322 e. The van der Waals surface area contributed by atoms with Crippen molar-refractivity contribution in [3.8, 4) is 12.0 Å². The summed E-state index contributed by atoms with van der Waals surface area (Å²) >= 11 is 5.80. The molecule has 0 saturated carbocycles. The van der Waals surface area contributed by atoms with E-state index in [4.69, 9.17) is 21.1 Å². The van der Waals surface area contributed by atoms with E-state index in [0.29, 0.717) is 13.2 Å². The van der Waals surface area contributed by atoms with Gasteiger partial charge in [-0.1, -0.05) is 0 Å². The zero-order chi connectivity index (χ0) is 13.7. The summed E-state index contributed by atoms with van der Waals surface area (Å²) in [6.07, 6.45) is 2.97. The molecule has 0 fully saturated rings. The van der Waals surface area contributed by atoms with E-state index in [1.165, 1.54) is 17.3 Å². The molecule has 0 radical (unpaired) electrons. The van der Waals surface area contributed by atoms with E-state index >= 15 is 0 Å². The summed E-state index contributed by atoms with van der Waals surface area (Å²) in [6, 6.07) is 0.123. The summed E-state index contributed by atoms with van der Waals surface area (Å²) in [5.74, 6) is 0.247. The first-order chi connectivity index (χ1) is 9.15. The second-order valence-corrected chi connectivity index (χ2v) is 4.13. The van der Waals surface area contributed by atoms with Crippen molar-refractivity contribution >= 4 is 11.6 Å². The maximum absolute atomic E-state index is 5.80. The molecule has 0 bridgehead atoms. The number of rotatable bonds is 6. The predicted octanol–water partition coefficient (Wildman–Crippen LogP) is 0.909. The van der Waals surface area contributed by atoms with Gasteiger partial charge in [0.1, 0.15) is 19.3 Å². The minimum atomic E-state index is 0.0280. The van der Waals surface area contributed by atoms with Crippen LogP contribution >= 0.6 is 11.6 Å². The molecule has 0 saturated heterocycles. The van der Waals surface area contributed by atoms with Crippen LogP contribution in [0.3, 0.4) is 0 Å². The Morgan fingerprint density at radius 3 is 2.79 bits per heavy atom. The minimum Gasteiger partial charge on any atom is -0.461 e. The van der Waals surface area contributed by atoms with Crippen molar-refractivity contribution in [2.24, 2.45) is 0 Å². The third kappa shape index (κ3) is 4.11. The molecule has 2 aromatic heterocycles. The number of ether oxygens (including phenoxy) is 2. The summed E-state index contributed by atoms with van der Waals surface area (Å²) in [7, 11) is 0. The first kappa shape index (κ1) is 13.6. The molecule has 0 aliphatic heterocycles. The molecular formula is C10H13ClN6O2. The van der Waals surface area contributed by atoms with Gasteiger partial charge in [0, 0.05) is 0 Å². The second kappa shape index (κ2) is 6.39. The topological polar surface area (TPSA) is 87.8 Å². The van der Waals surface area contributed by atoms with E-state index in [2.05, 4.69) is 25.0 Å². The molecule has 102 valence electrons. The van der Waals surface area contributed by atoms with Gasteiger partial charge in [0.15, 0.2) is 0 Å². The summed E-state index contributed by atoms with van der Waals surface area (Å²) < 4.78 is 12.0. The highest BCUT2D eigenvalue weighted by Crippen LogP contribution is 2.10. The summed E-state index contributed by atoms with van der Waals surface area (Å²) in [5.41, 5.74) is 0. The molecule has 0 atom stereocenters. The van der Waals surface area contributed by atoms with Gasteiger partial charge < -0.3 is 9.47 Å². The van der Waals surface area contributed by atoms with Gasteiger partial charge in [-0.3, -0.25) is 0 Å². The minimum absolute atomic E-state index is 0.0280. The van der Waals surface area contributed by atoms with E-state index in [0.717, 1.165) is 0 Å². The van der Waals surface area contributed by atoms with Crippen LogP contribution in [0.4, 0.5) is 0 Å². The molecule has 19 heavy (non-hydrogen) atoms. The van der Waals surface area contributed by atoms with Crippen molar-refractivity contribution in [3.63, 3.8) is 0 Å². The lowest BCUT2D eigenvalue weighted by Gasteiger charge is -2.08. The zero-order valence-electron chi connectivity index (χ0n) is 10.5. The van der Waals surface area contributed by atoms with Crippen LogP contribution in [0, 0.1) is 0 Å². The Kier molecular flexibility index (Phi) is 4.58. The molecule has 0 N–H and O–H groups in total. The van der Waals surface area contributed by atoms with Crippen molar-refractivity contribution in [1.29, 1.82) is 0 Å². The normalized spacial score (nSPS) is 10.9. The van der Waals surface area contributed by atoms with Gasteiger partial charge in [-0.15, -0.1) is 0 Å². The number of nitrogens with zero attached hydrogens (tertiary/aromatic N) is 6. The van der Waals surface area contributed by atoms with Gasteiger partial charge in [-0.05, 0) is 25.4 Å². The van der Waals surface area contributed by atoms with E-state index in [1.807, 2.05) is 13.8 Å². The standard InChI is InChI=1S/C10H13ClN6O2/c1-7(2)18-3-4-19-10-15-8(11)14-9(16-10)17-6-12-5-13-17/h5-7H,3-4H2,1-2H3. The molecule has 0 amide bonds. The largest absolute Gasteiger partial charge is 0.461 e. The number of halogens is 1. The highest BCUT2D eigenvalue weighted by atomic mass is 35.5. The molecule has 0 aromatic carbocycles. The zero-order valence-corrected chi connectivity index (χ0v) is 11.3. The molecule has 0 aliphatic carbocycles. The van der Waals surface area contributed by atoms with Crippen LogP contribution in [0.25, 0.3) is 5.95 Å². The van der Waals surface area contributed by atoms with Crippen molar-refractivity contribution in [1.82, 2.24) is 29.7 Å². The highest BCUT2D eigenvalue weighted by molar-refractivity contribution is 6.28. The maximum Gasteiger partial charge on any atom is 0.322 e. The van der Waals surface area contributed by atoms with Crippen molar-refractivity contribution in [3.05, 3.63) is 17.9 Å². The van der Waals surface area contributed by atoms with Crippen LogP contribution in [0.5, 0.6) is 6.01 Å². The third-order valence-electron chi connectivity index (χ3n) is 1.97. The lowest BCUT2D eigenvalue weighted by Crippen LogP contribution is -2.13. The molecule has 8 nitrogen and oxygen atoms in total. The lowest BCUT2D eigenvalue weighted by molar-refractivity contribution is 0.0530. The monoisotopic (exact) mass is 284 g/mol. The molecule has 2 aromatic rings. The SMILES string of the molecule is CC(C)OCCOc1nc(Cl)nc(-n2cncn2)n1. The summed E-state index contributed by atoms with van der Waals surface area (Å²) in [5, 5.41) is 3.93. The van der Waals surface area contributed by atoms with Gasteiger partial charge in [0.2, 0.25) is 5.28 Å². The summed E-state index contributed by atoms with van der Waals surface area (Å²) in [6.45, 7) is 4.67. The summed E-state index contributed by atoms with van der Waals surface area (Å²) in [4.78, 5) is 15.7. The number of hydrogen-bond acceptors (Lipinski definition) is 7. The van der Waals surface area contributed by atoms with E-state index in [1.54, 1.807) is 0 Å². The van der Waals surface area contributed by atoms with E-state index in [9.17, 15) is 0 Å². The van der Waals surface area contributed by atoms with Crippen LogP contribution in [0.2, 0.25) is 5.28 Å². The van der Waals surface area contributed by atoms with Crippen molar-refractivity contribution in [2.75, 3.05) is 13.2 Å². The Bertz CT molecular complexity index is 519. The van der Waals surface area contributed by atoms with Crippen LogP contribution in [0.1, 0.15) is 13.8 Å². The molecule has 0 aliphatic rings. The van der Waals surface area contributed by atoms with E-state index in [-0.39, 0.29) is 23.3 Å². The Labute approximate surface area is 114 Å². The highest BCUT2D eigenvalue weighted by Gasteiger charge is 2.08. The van der Waals surface area contributed by atoms with Gasteiger partial charge in [-0.2, -0.15) is 24.7 Å². The lowest BCUT2D eigenvalue weighted by atomic mass is 10.5. The quantitative estimate of drug-likeness (QED) is 0.728. The Balaban J connectivity index is 2.01. The first-order valence-corrected chi connectivity index (χ1v) is 6.04. The van der Waals surface area contributed by atoms with Gasteiger partial charge in [-0.25, -0.2) is 4.98 Å². The van der Waals surface area contributed by atoms with Crippen LogP contribution < -0.4 is 4.74 Å². The average molecular weight is 285 g/mol. The van der Waals surface area contributed by atoms with Crippen LogP contribution in [0.15, 0.2) is 12.7 Å². The van der Waals surface area contributed by atoms with E-state index < -0.39 is 0 Å². The fraction of sp³-hybridized carbons (Fsp3) is 0.500. The Morgan fingerprint density at radius 2 is 2.11 bits per heavy atom. The van der Waals surface area contributed by atoms with Gasteiger partial charge in [0.05, 0.1) is 12.7 Å². The van der Waals surface area contributed by atoms with Gasteiger partial charge >= 0.3 is 6.01 Å². The Morgan fingerprint density at radius 1 is 1.26 bits per heavy atom. The Hall–Kier alpha value is -1.80. The first-order valence-electron chi connectivity index (χ1n) is 5.66. The van der Waals surface area contributed by atoms with Crippen molar-refractivity contribution < 1.29 is 9.47 Å². The fourth-order valence-electron chi connectivity index (χ4n) is 1.22. The molecule has 0 unspecified atom stereocenters. The van der Waals surface area contributed by atoms with Crippen molar-refractivity contribution in [2.45, 2.75) is 20.0 Å². The molecule has 2 heterocycles. The molecule has 0 spiro atoms. The average Bonchev–Trinajstić information content (AvgIpc) is 2.87. The number of hydrogen-bond donors (Lipinski definition) is 0. The molecule has 2 rings (SSSR count). The second-order valence-electron chi connectivity index (χ2n) is 3.80. The molecule has 9 heteroatoms. The number of aromatic nitrogens is 6.